The Labute approximate surface area is 153 Å². The molecule has 0 N–H and O–H groups in total. The molecule has 0 saturated carbocycles. The highest BCUT2D eigenvalue weighted by Crippen LogP contribution is 2.35. The second kappa shape index (κ2) is 7.17. The van der Waals surface area contributed by atoms with E-state index in [1.807, 2.05) is 13.8 Å². The van der Waals surface area contributed by atoms with Crippen molar-refractivity contribution in [2.75, 3.05) is 0 Å². The average Bonchev–Trinajstić information content (AvgIpc) is 3.19. The van der Waals surface area contributed by atoms with E-state index in [1.165, 1.54) is 23.1 Å². The lowest BCUT2D eigenvalue weighted by molar-refractivity contribution is -0.384. The van der Waals surface area contributed by atoms with Gasteiger partial charge in [-0.2, -0.15) is 0 Å². The average molecular weight is 372 g/mol. The molecule has 7 nitrogen and oxygen atoms in total. The molecule has 8 heteroatoms. The molecule has 1 aliphatic rings. The van der Waals surface area contributed by atoms with Crippen molar-refractivity contribution >= 4 is 34.7 Å². The van der Waals surface area contributed by atoms with Crippen LogP contribution in [0, 0.1) is 10.1 Å². The first-order chi connectivity index (χ1) is 12.4. The highest BCUT2D eigenvalue weighted by Gasteiger charge is 2.37. The topological polar surface area (TPSA) is 93.7 Å². The number of furan rings is 1. The highest BCUT2D eigenvalue weighted by atomic mass is 32.2. The number of nitro groups is 1. The smallest absolute Gasteiger partial charge is 0.293 e. The van der Waals surface area contributed by atoms with Crippen LogP contribution in [0.5, 0.6) is 0 Å². The number of hydrogen-bond acceptors (Lipinski definition) is 6. The van der Waals surface area contributed by atoms with Crippen LogP contribution >= 0.6 is 11.8 Å². The Morgan fingerprint density at radius 1 is 1.31 bits per heavy atom. The molecule has 1 fully saturated rings. The predicted octanol–water partition coefficient (Wildman–Crippen LogP) is 4.69. The fourth-order valence-corrected chi connectivity index (χ4v) is 3.44. The van der Waals surface area contributed by atoms with Crippen LogP contribution in [0.3, 0.4) is 0 Å². The standard InChI is InChI=1S/C18H16N2O5S/c1-3-11(2)19-17(21)16(26-18(19)22)10-14-7-8-15(25-14)12-5-4-6-13(9-12)20(23)24/h4-11H,3H2,1-2H3/b16-10+/t11-/m1/s1. The van der Waals surface area contributed by atoms with Gasteiger partial charge >= 0.3 is 0 Å². The summed E-state index contributed by atoms with van der Waals surface area (Å²) >= 11 is 0.881. The lowest BCUT2D eigenvalue weighted by atomic mass is 10.1. The maximum atomic E-state index is 12.4. The van der Waals surface area contributed by atoms with Crippen molar-refractivity contribution in [1.29, 1.82) is 0 Å². The predicted molar refractivity (Wildman–Crippen MR) is 98.4 cm³/mol. The summed E-state index contributed by atoms with van der Waals surface area (Å²) in [6, 6.07) is 9.26. The minimum atomic E-state index is -0.474. The van der Waals surface area contributed by atoms with Gasteiger partial charge in [0.15, 0.2) is 0 Å². The molecule has 26 heavy (non-hydrogen) atoms. The van der Waals surface area contributed by atoms with E-state index in [9.17, 15) is 19.7 Å². The highest BCUT2D eigenvalue weighted by molar-refractivity contribution is 8.18. The summed E-state index contributed by atoms with van der Waals surface area (Å²) in [5.74, 6) is 0.518. The fraction of sp³-hybridized carbons (Fsp3) is 0.222. The molecule has 1 aliphatic heterocycles. The Hall–Kier alpha value is -2.87. The van der Waals surface area contributed by atoms with Crippen molar-refractivity contribution in [3.63, 3.8) is 0 Å². The molecular formula is C18H16N2O5S. The minimum Gasteiger partial charge on any atom is -0.457 e. The number of carbonyl (C=O) groups excluding carboxylic acids is 2. The van der Waals surface area contributed by atoms with Crippen LogP contribution in [0.2, 0.25) is 0 Å². The Morgan fingerprint density at radius 3 is 2.77 bits per heavy atom. The van der Waals surface area contributed by atoms with Gasteiger partial charge in [0.1, 0.15) is 11.5 Å². The molecule has 1 aromatic carbocycles. The Balaban J connectivity index is 1.86. The number of hydrogen-bond donors (Lipinski definition) is 0. The van der Waals surface area contributed by atoms with Gasteiger partial charge in [-0.3, -0.25) is 24.6 Å². The lowest BCUT2D eigenvalue weighted by Gasteiger charge is -2.19. The summed E-state index contributed by atoms with van der Waals surface area (Å²) in [4.78, 5) is 36.4. The van der Waals surface area contributed by atoms with E-state index in [0.717, 1.165) is 11.8 Å². The number of imide groups is 1. The normalized spacial score (nSPS) is 17.2. The van der Waals surface area contributed by atoms with Crippen LogP contribution in [0.25, 0.3) is 17.4 Å². The number of nitrogens with zero attached hydrogens (tertiary/aromatic N) is 2. The summed E-state index contributed by atoms with van der Waals surface area (Å²) in [5.41, 5.74) is 0.529. The molecule has 2 amide bonds. The molecule has 1 aromatic heterocycles. The van der Waals surface area contributed by atoms with Gasteiger partial charge in [-0.25, -0.2) is 0 Å². The van der Waals surface area contributed by atoms with E-state index in [0.29, 0.717) is 28.4 Å². The Kier molecular flexibility index (Phi) is 4.94. The molecule has 0 unspecified atom stereocenters. The third kappa shape index (κ3) is 3.41. The molecule has 1 atom stereocenters. The molecule has 0 radical (unpaired) electrons. The van der Waals surface area contributed by atoms with Gasteiger partial charge in [-0.1, -0.05) is 19.1 Å². The van der Waals surface area contributed by atoms with Crippen LogP contribution in [0.4, 0.5) is 10.5 Å². The Morgan fingerprint density at radius 2 is 2.08 bits per heavy atom. The first-order valence-corrected chi connectivity index (χ1v) is 8.84. The van der Waals surface area contributed by atoms with Gasteiger partial charge in [0.25, 0.3) is 16.8 Å². The third-order valence-corrected chi connectivity index (χ3v) is 4.98. The van der Waals surface area contributed by atoms with Crippen LogP contribution in [0.15, 0.2) is 45.7 Å². The third-order valence-electron chi connectivity index (χ3n) is 4.10. The van der Waals surface area contributed by atoms with Crippen LogP contribution in [0.1, 0.15) is 26.0 Å². The molecule has 2 aromatic rings. The number of thioether (sulfide) groups is 1. The number of carbonyl (C=O) groups is 2. The van der Waals surface area contributed by atoms with E-state index in [1.54, 1.807) is 24.3 Å². The van der Waals surface area contributed by atoms with Gasteiger partial charge in [0, 0.05) is 29.8 Å². The van der Waals surface area contributed by atoms with Crippen molar-refractivity contribution in [2.24, 2.45) is 0 Å². The summed E-state index contributed by atoms with van der Waals surface area (Å²) in [7, 11) is 0. The van der Waals surface area contributed by atoms with E-state index in [2.05, 4.69) is 0 Å². The van der Waals surface area contributed by atoms with Gasteiger partial charge in [0.05, 0.1) is 9.83 Å². The molecule has 2 heterocycles. The number of nitro benzene ring substituents is 1. The monoisotopic (exact) mass is 372 g/mol. The van der Waals surface area contributed by atoms with Crippen LogP contribution in [-0.4, -0.2) is 27.0 Å². The van der Waals surface area contributed by atoms with E-state index < -0.39 is 4.92 Å². The first kappa shape index (κ1) is 17.9. The summed E-state index contributed by atoms with van der Waals surface area (Å²) < 4.78 is 5.68. The maximum Gasteiger partial charge on any atom is 0.293 e. The fourth-order valence-electron chi connectivity index (χ4n) is 2.53. The number of benzene rings is 1. The van der Waals surface area contributed by atoms with E-state index in [-0.39, 0.29) is 22.9 Å². The maximum absolute atomic E-state index is 12.4. The summed E-state index contributed by atoms with van der Waals surface area (Å²) in [5, 5.41) is 10.6. The molecule has 134 valence electrons. The van der Waals surface area contributed by atoms with Crippen molar-refractivity contribution in [3.05, 3.63) is 57.2 Å². The second-order valence-corrected chi connectivity index (χ2v) is 6.81. The SMILES string of the molecule is CC[C@@H](C)N1C(=O)S/C(=C/c2ccc(-c3cccc([N+](=O)[O-])c3)o2)C1=O. The number of amides is 2. The zero-order valence-electron chi connectivity index (χ0n) is 14.2. The van der Waals surface area contributed by atoms with E-state index >= 15 is 0 Å². The van der Waals surface area contributed by atoms with Crippen LogP contribution < -0.4 is 0 Å². The van der Waals surface area contributed by atoms with Crippen LogP contribution in [-0.2, 0) is 4.79 Å². The minimum absolute atomic E-state index is 0.0323. The van der Waals surface area contributed by atoms with Crippen molar-refractivity contribution < 1.29 is 18.9 Å². The quantitative estimate of drug-likeness (QED) is 0.429. The van der Waals surface area contributed by atoms with Gasteiger partial charge in [-0.05, 0) is 37.2 Å². The molecule has 0 aliphatic carbocycles. The molecule has 3 rings (SSSR count). The van der Waals surface area contributed by atoms with Gasteiger partial charge in [-0.15, -0.1) is 0 Å². The second-order valence-electron chi connectivity index (χ2n) is 5.82. The first-order valence-electron chi connectivity index (χ1n) is 8.02. The van der Waals surface area contributed by atoms with E-state index in [4.69, 9.17) is 4.42 Å². The molecule has 1 saturated heterocycles. The Bertz CT molecular complexity index is 918. The van der Waals surface area contributed by atoms with Crippen molar-refractivity contribution in [2.45, 2.75) is 26.3 Å². The number of non-ortho nitro benzene ring substituents is 1. The summed E-state index contributed by atoms with van der Waals surface area (Å²) in [6.07, 6.45) is 2.21. The largest absolute Gasteiger partial charge is 0.457 e. The molecule has 0 spiro atoms. The van der Waals surface area contributed by atoms with Gasteiger partial charge < -0.3 is 4.42 Å². The molecule has 0 bridgehead atoms. The van der Waals surface area contributed by atoms with Crippen molar-refractivity contribution in [3.8, 4) is 11.3 Å². The molecular weight excluding hydrogens is 356 g/mol. The van der Waals surface area contributed by atoms with Gasteiger partial charge in [0.2, 0.25) is 0 Å². The lowest BCUT2D eigenvalue weighted by Crippen LogP contribution is -2.36. The van der Waals surface area contributed by atoms with Crippen molar-refractivity contribution in [1.82, 2.24) is 4.90 Å². The number of rotatable bonds is 5. The zero-order chi connectivity index (χ0) is 18.8. The summed E-state index contributed by atoms with van der Waals surface area (Å²) in [6.45, 7) is 3.74. The zero-order valence-corrected chi connectivity index (χ0v) is 15.0.